The van der Waals surface area contributed by atoms with Crippen molar-refractivity contribution >= 4 is 17.9 Å². The van der Waals surface area contributed by atoms with Gasteiger partial charge in [0.2, 0.25) is 11.8 Å². The Kier molecular flexibility index (Phi) is 9.41. The van der Waals surface area contributed by atoms with Gasteiger partial charge in [0.1, 0.15) is 23.4 Å². The molecular weight excluding hydrogens is 482 g/mol. The summed E-state index contributed by atoms with van der Waals surface area (Å²) in [6, 6.07) is 12.6. The maximum Gasteiger partial charge on any atom is 0.408 e. The third kappa shape index (κ3) is 7.49. The van der Waals surface area contributed by atoms with Crippen LogP contribution in [0.25, 0.3) is 0 Å². The normalized spacial score (nSPS) is 15.6. The highest BCUT2D eigenvalue weighted by Gasteiger charge is 2.45. The monoisotopic (exact) mass is 523 g/mol. The Bertz CT molecular complexity index is 1120. The number of alkyl carbamates (subject to hydrolysis) is 1. The van der Waals surface area contributed by atoms with Crippen molar-refractivity contribution in [1.82, 2.24) is 15.5 Å². The average molecular weight is 524 g/mol. The Morgan fingerprint density at radius 2 is 1.74 bits per heavy atom. The van der Waals surface area contributed by atoms with Gasteiger partial charge in [0, 0.05) is 18.2 Å². The second kappa shape index (κ2) is 12.3. The molecule has 1 aliphatic carbocycles. The van der Waals surface area contributed by atoms with Gasteiger partial charge >= 0.3 is 6.09 Å². The molecule has 0 radical (unpaired) electrons. The van der Waals surface area contributed by atoms with Gasteiger partial charge in [-0.1, -0.05) is 68.8 Å². The summed E-state index contributed by atoms with van der Waals surface area (Å²) in [6.07, 6.45) is 1.42. The summed E-state index contributed by atoms with van der Waals surface area (Å²) >= 11 is 0. The summed E-state index contributed by atoms with van der Waals surface area (Å²) in [7, 11) is 0. The number of ether oxygens (including phenoxy) is 1. The van der Waals surface area contributed by atoms with E-state index in [0.717, 1.165) is 18.4 Å². The Morgan fingerprint density at radius 1 is 1.08 bits per heavy atom. The summed E-state index contributed by atoms with van der Waals surface area (Å²) in [4.78, 5) is 42.3. The van der Waals surface area contributed by atoms with Gasteiger partial charge < -0.3 is 25.4 Å². The predicted octanol–water partition coefficient (Wildman–Crippen LogP) is 4.99. The zero-order chi connectivity index (χ0) is 28.0. The lowest BCUT2D eigenvalue weighted by atomic mass is 9.94. The lowest BCUT2D eigenvalue weighted by molar-refractivity contribution is -0.144. The molecule has 206 valence electrons. The van der Waals surface area contributed by atoms with E-state index in [1.165, 1.54) is 0 Å². The van der Waals surface area contributed by atoms with Gasteiger partial charge in [0.05, 0.1) is 0 Å². The smallest absolute Gasteiger partial charge is 0.408 e. The molecule has 2 aromatic carbocycles. The maximum atomic E-state index is 14.2. The average Bonchev–Trinajstić information content (AvgIpc) is 3.70. The minimum Gasteiger partial charge on any atom is -0.507 e. The molecule has 3 atom stereocenters. The highest BCUT2D eigenvalue weighted by molar-refractivity contribution is 5.93. The second-order valence-corrected chi connectivity index (χ2v) is 11.1. The zero-order valence-electron chi connectivity index (χ0n) is 23.3. The molecule has 3 amide bonds. The van der Waals surface area contributed by atoms with E-state index in [0.29, 0.717) is 17.5 Å². The molecule has 0 bridgehead atoms. The molecule has 38 heavy (non-hydrogen) atoms. The van der Waals surface area contributed by atoms with Crippen LogP contribution in [0.5, 0.6) is 5.75 Å². The summed E-state index contributed by atoms with van der Waals surface area (Å²) in [5.41, 5.74) is 1.16. The molecule has 3 N–H and O–H groups in total. The molecule has 3 unspecified atom stereocenters. The Hall–Kier alpha value is -3.55. The molecule has 0 heterocycles. The topological polar surface area (TPSA) is 108 Å². The van der Waals surface area contributed by atoms with E-state index in [2.05, 4.69) is 10.6 Å². The number of para-hydroxylation sites is 1. The molecule has 1 saturated carbocycles. The highest BCUT2D eigenvalue weighted by Crippen LogP contribution is 2.39. The van der Waals surface area contributed by atoms with Crippen LogP contribution in [0, 0.1) is 12.8 Å². The van der Waals surface area contributed by atoms with E-state index in [9.17, 15) is 19.5 Å². The molecule has 1 aliphatic rings. The lowest BCUT2D eigenvalue weighted by Gasteiger charge is -2.36. The molecular formula is C30H41N3O5. The summed E-state index contributed by atoms with van der Waals surface area (Å²) in [5.74, 6) is -0.995. The van der Waals surface area contributed by atoms with E-state index >= 15 is 0 Å². The number of nitrogens with one attached hydrogen (secondary N) is 2. The lowest BCUT2D eigenvalue weighted by Crippen LogP contribution is -2.55. The summed E-state index contributed by atoms with van der Waals surface area (Å²) < 4.78 is 5.44. The number of carbonyl (C=O) groups is 3. The van der Waals surface area contributed by atoms with Crippen molar-refractivity contribution in [2.45, 2.75) is 91.1 Å². The van der Waals surface area contributed by atoms with Crippen molar-refractivity contribution in [2.24, 2.45) is 5.92 Å². The number of rotatable bonds is 10. The van der Waals surface area contributed by atoms with Gasteiger partial charge in [0.15, 0.2) is 0 Å². The standard InChI is InChI=1S/C30H41N3O5/c1-7-19(2)24(32-29(37)38-30(4,5)6)28(36)33(22-16-17-22)25(23-15-11-12-20(3)26(23)34)27(35)31-18-21-13-9-8-10-14-21/h8-15,19,22,24-25,34H,7,16-18H2,1-6H3,(H,31,35)(H,32,37). The van der Waals surface area contributed by atoms with Crippen LogP contribution in [0.3, 0.4) is 0 Å². The first-order chi connectivity index (χ1) is 17.9. The largest absolute Gasteiger partial charge is 0.507 e. The van der Waals surface area contributed by atoms with Gasteiger partial charge in [-0.15, -0.1) is 0 Å². The third-order valence-corrected chi connectivity index (χ3v) is 6.75. The van der Waals surface area contributed by atoms with Crippen molar-refractivity contribution in [3.05, 3.63) is 65.2 Å². The van der Waals surface area contributed by atoms with Crippen LogP contribution in [0.4, 0.5) is 4.79 Å². The number of aryl methyl sites for hydroxylation is 1. The minimum atomic E-state index is -1.06. The van der Waals surface area contributed by atoms with E-state index < -0.39 is 29.7 Å². The van der Waals surface area contributed by atoms with E-state index in [1.807, 2.05) is 44.2 Å². The van der Waals surface area contributed by atoms with Crippen LogP contribution < -0.4 is 10.6 Å². The predicted molar refractivity (Wildman–Crippen MR) is 146 cm³/mol. The summed E-state index contributed by atoms with van der Waals surface area (Å²) in [6.45, 7) is 11.1. The minimum absolute atomic E-state index is 0.0222. The number of phenols is 1. The fraction of sp³-hybridized carbons (Fsp3) is 0.500. The molecule has 2 aromatic rings. The van der Waals surface area contributed by atoms with Crippen molar-refractivity contribution < 1.29 is 24.2 Å². The van der Waals surface area contributed by atoms with Crippen LogP contribution >= 0.6 is 0 Å². The molecule has 8 nitrogen and oxygen atoms in total. The summed E-state index contributed by atoms with van der Waals surface area (Å²) in [5, 5.41) is 16.7. The number of aromatic hydroxyl groups is 1. The molecule has 8 heteroatoms. The van der Waals surface area contributed by atoms with Gasteiger partial charge in [-0.2, -0.15) is 0 Å². The van der Waals surface area contributed by atoms with Crippen molar-refractivity contribution in [1.29, 1.82) is 0 Å². The quantitative estimate of drug-likeness (QED) is 0.407. The Labute approximate surface area is 225 Å². The molecule has 0 aromatic heterocycles. The number of carbonyl (C=O) groups excluding carboxylic acids is 3. The molecule has 0 aliphatic heterocycles. The second-order valence-electron chi connectivity index (χ2n) is 11.1. The fourth-order valence-electron chi connectivity index (χ4n) is 4.35. The zero-order valence-corrected chi connectivity index (χ0v) is 23.3. The molecule has 3 rings (SSSR count). The number of benzene rings is 2. The van der Waals surface area contributed by atoms with E-state index in [4.69, 9.17) is 4.74 Å². The number of hydrogen-bond donors (Lipinski definition) is 3. The fourth-order valence-corrected chi connectivity index (χ4v) is 4.35. The Balaban J connectivity index is 1.99. The van der Waals surface area contributed by atoms with Crippen molar-refractivity contribution in [3.8, 4) is 5.75 Å². The molecule has 1 fully saturated rings. The van der Waals surface area contributed by atoms with Crippen LogP contribution in [-0.4, -0.2) is 45.6 Å². The number of hydrogen-bond acceptors (Lipinski definition) is 5. The SMILES string of the molecule is CCC(C)C(NC(=O)OC(C)(C)C)C(=O)N(C1CC1)C(C(=O)NCc1ccccc1)c1cccc(C)c1O. The molecule has 0 spiro atoms. The van der Waals surface area contributed by atoms with Gasteiger partial charge in [0.25, 0.3) is 0 Å². The Morgan fingerprint density at radius 3 is 2.32 bits per heavy atom. The highest BCUT2D eigenvalue weighted by atomic mass is 16.6. The first kappa shape index (κ1) is 29.0. The maximum absolute atomic E-state index is 14.2. The van der Waals surface area contributed by atoms with Crippen LogP contribution in [0.15, 0.2) is 48.5 Å². The first-order valence-electron chi connectivity index (χ1n) is 13.3. The van der Waals surface area contributed by atoms with Gasteiger partial charge in [-0.05, 0) is 57.6 Å². The van der Waals surface area contributed by atoms with Crippen LogP contribution in [0.1, 0.15) is 76.6 Å². The van der Waals surface area contributed by atoms with E-state index in [1.54, 1.807) is 50.8 Å². The van der Waals surface area contributed by atoms with Gasteiger partial charge in [-0.25, -0.2) is 4.79 Å². The number of phenolic OH excluding ortho intramolecular Hbond substituents is 1. The number of nitrogens with zero attached hydrogens (tertiary/aromatic N) is 1. The van der Waals surface area contributed by atoms with Gasteiger partial charge in [-0.3, -0.25) is 9.59 Å². The van der Waals surface area contributed by atoms with Crippen molar-refractivity contribution in [2.75, 3.05) is 0 Å². The van der Waals surface area contributed by atoms with Crippen LogP contribution in [-0.2, 0) is 20.9 Å². The number of amides is 3. The van der Waals surface area contributed by atoms with Crippen LogP contribution in [0.2, 0.25) is 0 Å². The van der Waals surface area contributed by atoms with E-state index in [-0.39, 0.29) is 30.2 Å². The first-order valence-corrected chi connectivity index (χ1v) is 13.3. The molecule has 0 saturated heterocycles. The third-order valence-electron chi connectivity index (χ3n) is 6.75. The van der Waals surface area contributed by atoms with Crippen molar-refractivity contribution in [3.63, 3.8) is 0 Å².